The van der Waals surface area contributed by atoms with Gasteiger partial charge < -0.3 is 9.47 Å². The summed E-state index contributed by atoms with van der Waals surface area (Å²) in [6, 6.07) is 18.2. The highest BCUT2D eigenvalue weighted by atomic mass is 32.2. The number of carbonyl (C=O) groups is 1. The first-order valence-corrected chi connectivity index (χ1v) is 10.3. The molecule has 1 unspecified atom stereocenters. The molecule has 0 fully saturated rings. The van der Waals surface area contributed by atoms with Crippen molar-refractivity contribution in [2.24, 2.45) is 7.05 Å². The van der Waals surface area contributed by atoms with Gasteiger partial charge >= 0.3 is 0 Å². The summed E-state index contributed by atoms with van der Waals surface area (Å²) >= 11 is 1.45. The maximum atomic E-state index is 13.0. The Bertz CT molecular complexity index is 939. The lowest BCUT2D eigenvalue weighted by molar-refractivity contribution is -0.130. The fourth-order valence-corrected chi connectivity index (χ4v) is 3.99. The number of carbonyl (C=O) groups excluding carboxylic acids is 1. The zero-order valence-electron chi connectivity index (χ0n) is 16.8. The van der Waals surface area contributed by atoms with Crippen molar-refractivity contribution in [2.75, 3.05) is 6.54 Å². The molecule has 0 N–H and O–H groups in total. The minimum atomic E-state index is -0.240. The van der Waals surface area contributed by atoms with Crippen LogP contribution in [0.2, 0.25) is 0 Å². The Morgan fingerprint density at radius 3 is 2.46 bits per heavy atom. The summed E-state index contributed by atoms with van der Waals surface area (Å²) in [6.45, 7) is 7.30. The molecule has 146 valence electrons. The van der Waals surface area contributed by atoms with Gasteiger partial charge in [-0.3, -0.25) is 4.79 Å². The second-order valence-electron chi connectivity index (χ2n) is 6.78. The third-order valence-corrected chi connectivity index (χ3v) is 5.88. The van der Waals surface area contributed by atoms with Gasteiger partial charge in [-0.2, -0.15) is 0 Å². The van der Waals surface area contributed by atoms with Crippen molar-refractivity contribution in [3.8, 4) is 11.4 Å². The number of rotatable bonds is 7. The number of aryl methyl sites for hydroxylation is 1. The van der Waals surface area contributed by atoms with E-state index in [1.165, 1.54) is 11.8 Å². The van der Waals surface area contributed by atoms with E-state index in [0.717, 1.165) is 27.7 Å². The van der Waals surface area contributed by atoms with Crippen LogP contribution < -0.4 is 0 Å². The number of nitrogens with zero attached hydrogens (tertiary/aromatic N) is 4. The molecule has 3 aromatic rings. The Hall–Kier alpha value is -2.60. The largest absolute Gasteiger partial charge is 0.338 e. The van der Waals surface area contributed by atoms with Crippen molar-refractivity contribution in [1.82, 2.24) is 19.7 Å². The molecule has 0 radical (unpaired) electrons. The van der Waals surface area contributed by atoms with Crippen LogP contribution in [0, 0.1) is 6.92 Å². The number of thioether (sulfide) groups is 1. The van der Waals surface area contributed by atoms with E-state index < -0.39 is 0 Å². The van der Waals surface area contributed by atoms with Crippen molar-refractivity contribution in [1.29, 1.82) is 0 Å². The normalized spacial score (nSPS) is 12.0. The second kappa shape index (κ2) is 9.06. The molecule has 0 aliphatic carbocycles. The Labute approximate surface area is 170 Å². The maximum Gasteiger partial charge on any atom is 0.236 e. The summed E-state index contributed by atoms with van der Waals surface area (Å²) < 4.78 is 1.96. The van der Waals surface area contributed by atoms with Gasteiger partial charge in [0.1, 0.15) is 0 Å². The van der Waals surface area contributed by atoms with E-state index in [1.54, 1.807) is 0 Å². The molecule has 1 amide bonds. The molecule has 0 spiro atoms. The Morgan fingerprint density at radius 1 is 1.11 bits per heavy atom. The highest BCUT2D eigenvalue weighted by Gasteiger charge is 2.23. The van der Waals surface area contributed by atoms with Crippen molar-refractivity contribution < 1.29 is 4.79 Å². The van der Waals surface area contributed by atoms with E-state index in [-0.39, 0.29) is 11.2 Å². The first-order chi connectivity index (χ1) is 13.5. The van der Waals surface area contributed by atoms with E-state index >= 15 is 0 Å². The first kappa shape index (κ1) is 20.1. The van der Waals surface area contributed by atoms with Crippen LogP contribution in [0.4, 0.5) is 0 Å². The van der Waals surface area contributed by atoms with Gasteiger partial charge in [-0.1, -0.05) is 66.4 Å². The minimum Gasteiger partial charge on any atom is -0.338 e. The summed E-state index contributed by atoms with van der Waals surface area (Å²) in [5, 5.41) is 9.19. The monoisotopic (exact) mass is 394 g/mol. The van der Waals surface area contributed by atoms with Gasteiger partial charge in [-0.25, -0.2) is 0 Å². The predicted octanol–water partition coefficient (Wildman–Crippen LogP) is 4.32. The molecular weight excluding hydrogens is 368 g/mol. The summed E-state index contributed by atoms with van der Waals surface area (Å²) in [5.41, 5.74) is 3.34. The second-order valence-corrected chi connectivity index (χ2v) is 8.09. The van der Waals surface area contributed by atoms with Crippen molar-refractivity contribution in [2.45, 2.75) is 37.7 Å². The van der Waals surface area contributed by atoms with E-state index in [1.807, 2.05) is 78.9 Å². The molecular formula is C22H26N4OS. The lowest BCUT2D eigenvalue weighted by Gasteiger charge is -2.24. The van der Waals surface area contributed by atoms with Gasteiger partial charge in [0, 0.05) is 25.7 Å². The molecule has 0 bridgehead atoms. The molecule has 0 saturated carbocycles. The molecule has 3 rings (SSSR count). The van der Waals surface area contributed by atoms with Crippen LogP contribution in [-0.4, -0.2) is 37.4 Å². The lowest BCUT2D eigenvalue weighted by Crippen LogP contribution is -2.36. The van der Waals surface area contributed by atoms with Crippen LogP contribution in [0.1, 0.15) is 25.0 Å². The van der Waals surface area contributed by atoms with Crippen LogP contribution >= 0.6 is 11.8 Å². The van der Waals surface area contributed by atoms with Gasteiger partial charge in [-0.15, -0.1) is 10.2 Å². The van der Waals surface area contributed by atoms with Crippen LogP contribution in [-0.2, 0) is 18.4 Å². The molecule has 1 heterocycles. The zero-order chi connectivity index (χ0) is 20.1. The molecule has 2 aromatic carbocycles. The lowest BCUT2D eigenvalue weighted by atomic mass is 10.1. The third kappa shape index (κ3) is 4.44. The Morgan fingerprint density at radius 2 is 1.79 bits per heavy atom. The minimum absolute atomic E-state index is 0.108. The topological polar surface area (TPSA) is 51.0 Å². The number of hydrogen-bond acceptors (Lipinski definition) is 4. The van der Waals surface area contributed by atoms with E-state index in [9.17, 15) is 4.79 Å². The predicted molar refractivity (Wildman–Crippen MR) is 114 cm³/mol. The molecule has 5 nitrogen and oxygen atoms in total. The molecule has 1 aromatic heterocycles. The molecule has 6 heteroatoms. The quantitative estimate of drug-likeness (QED) is 0.560. The standard InChI is InChI=1S/C22H26N4OS/c1-5-26(15-18-12-7-6-8-13-18)21(27)17(3)28-22-24-23-20(25(22)4)19-14-10-9-11-16(19)2/h6-14,17H,5,15H2,1-4H3. The van der Waals surface area contributed by atoms with Crippen molar-refractivity contribution in [3.63, 3.8) is 0 Å². The highest BCUT2D eigenvalue weighted by molar-refractivity contribution is 8.00. The van der Waals surface area contributed by atoms with E-state index in [0.29, 0.717) is 13.1 Å². The Balaban J connectivity index is 1.73. The van der Waals surface area contributed by atoms with Crippen molar-refractivity contribution >= 4 is 17.7 Å². The van der Waals surface area contributed by atoms with Crippen LogP contribution in [0.3, 0.4) is 0 Å². The number of benzene rings is 2. The molecule has 1 atom stereocenters. The van der Waals surface area contributed by atoms with Gasteiger partial charge in [0.25, 0.3) is 0 Å². The van der Waals surface area contributed by atoms with Crippen LogP contribution in [0.5, 0.6) is 0 Å². The van der Waals surface area contributed by atoms with E-state index in [4.69, 9.17) is 0 Å². The Kier molecular flexibility index (Phi) is 6.52. The highest BCUT2D eigenvalue weighted by Crippen LogP contribution is 2.28. The molecule has 28 heavy (non-hydrogen) atoms. The smallest absolute Gasteiger partial charge is 0.236 e. The number of hydrogen-bond donors (Lipinski definition) is 0. The van der Waals surface area contributed by atoms with Gasteiger partial charge in [0.2, 0.25) is 5.91 Å². The summed E-state index contributed by atoms with van der Waals surface area (Å²) in [4.78, 5) is 14.9. The third-order valence-electron chi connectivity index (χ3n) is 4.76. The zero-order valence-corrected chi connectivity index (χ0v) is 17.6. The fourth-order valence-electron chi connectivity index (χ4n) is 3.09. The fraction of sp³-hybridized carbons (Fsp3) is 0.318. The van der Waals surface area contributed by atoms with Gasteiger partial charge in [0.05, 0.1) is 5.25 Å². The van der Waals surface area contributed by atoms with Gasteiger partial charge in [-0.05, 0) is 31.9 Å². The number of amides is 1. The SMILES string of the molecule is CCN(Cc1ccccc1)C(=O)C(C)Sc1nnc(-c2ccccc2C)n1C. The van der Waals surface area contributed by atoms with E-state index in [2.05, 4.69) is 23.2 Å². The average molecular weight is 395 g/mol. The summed E-state index contributed by atoms with van der Waals surface area (Å²) in [7, 11) is 1.95. The first-order valence-electron chi connectivity index (χ1n) is 9.46. The average Bonchev–Trinajstić information content (AvgIpc) is 3.07. The molecule has 0 aliphatic heterocycles. The molecule has 0 aliphatic rings. The molecule has 0 saturated heterocycles. The van der Waals surface area contributed by atoms with Crippen molar-refractivity contribution in [3.05, 3.63) is 65.7 Å². The summed E-state index contributed by atoms with van der Waals surface area (Å²) in [6.07, 6.45) is 0. The van der Waals surface area contributed by atoms with Crippen LogP contribution in [0.15, 0.2) is 59.8 Å². The maximum absolute atomic E-state index is 13.0. The number of aromatic nitrogens is 3. The van der Waals surface area contributed by atoms with Crippen LogP contribution in [0.25, 0.3) is 11.4 Å². The van der Waals surface area contributed by atoms with Gasteiger partial charge in [0.15, 0.2) is 11.0 Å². The summed E-state index contributed by atoms with van der Waals surface area (Å²) in [5.74, 6) is 0.925.